The number of nitrogens with one attached hydrogen (secondary N) is 1. The van der Waals surface area contributed by atoms with Crippen molar-refractivity contribution in [2.24, 2.45) is 11.8 Å². The van der Waals surface area contributed by atoms with Gasteiger partial charge in [0.15, 0.2) is 0 Å². The Labute approximate surface area is 139 Å². The molecule has 0 spiro atoms. The molecule has 1 N–H and O–H groups in total. The van der Waals surface area contributed by atoms with E-state index in [9.17, 15) is 22.8 Å². The zero-order valence-electron chi connectivity index (χ0n) is 13.7. The van der Waals surface area contributed by atoms with E-state index in [1.54, 1.807) is 4.90 Å². The third-order valence-electron chi connectivity index (χ3n) is 3.89. The second-order valence-electron chi connectivity index (χ2n) is 6.51. The largest absolute Gasteiger partial charge is 0.416 e. The summed E-state index contributed by atoms with van der Waals surface area (Å²) in [6, 6.07) is 4.85. The maximum Gasteiger partial charge on any atom is 0.416 e. The number of hydrogen-bond acceptors (Lipinski definition) is 2. The van der Waals surface area contributed by atoms with Gasteiger partial charge in [0.1, 0.15) is 0 Å². The van der Waals surface area contributed by atoms with Gasteiger partial charge in [-0.25, -0.2) is 0 Å². The van der Waals surface area contributed by atoms with Crippen LogP contribution in [0.1, 0.15) is 31.4 Å². The minimum atomic E-state index is -4.41. The molecule has 0 bridgehead atoms. The van der Waals surface area contributed by atoms with Crippen LogP contribution in [0.2, 0.25) is 0 Å². The highest BCUT2D eigenvalue weighted by Crippen LogP contribution is 2.29. The fraction of sp³-hybridized carbons (Fsp3) is 0.529. The van der Waals surface area contributed by atoms with Crippen molar-refractivity contribution in [1.29, 1.82) is 0 Å². The van der Waals surface area contributed by atoms with Crippen molar-refractivity contribution in [2.45, 2.75) is 33.0 Å². The minimum Gasteiger partial charge on any atom is -0.352 e. The number of rotatable bonds is 5. The number of amides is 2. The molecule has 1 aromatic carbocycles. The van der Waals surface area contributed by atoms with Crippen LogP contribution < -0.4 is 5.32 Å². The second kappa shape index (κ2) is 7.23. The van der Waals surface area contributed by atoms with Gasteiger partial charge in [0.25, 0.3) is 0 Å². The number of alkyl halides is 3. The number of nitrogens with zero attached hydrogens (tertiary/aromatic N) is 1. The lowest BCUT2D eigenvalue weighted by Gasteiger charge is -2.18. The van der Waals surface area contributed by atoms with E-state index in [2.05, 4.69) is 5.32 Å². The molecule has 2 rings (SSSR count). The van der Waals surface area contributed by atoms with Crippen molar-refractivity contribution in [3.05, 3.63) is 35.4 Å². The SMILES string of the molecule is CC(C)CN1CC(C(=O)NCc2cccc(C(F)(F)F)c2)CC1=O. The number of carbonyl (C=O) groups is 2. The van der Waals surface area contributed by atoms with Crippen LogP contribution in [0.15, 0.2) is 24.3 Å². The lowest BCUT2D eigenvalue weighted by atomic mass is 10.1. The summed E-state index contributed by atoms with van der Waals surface area (Å²) in [6.45, 7) is 4.97. The van der Waals surface area contributed by atoms with Gasteiger partial charge in [-0.1, -0.05) is 26.0 Å². The van der Waals surface area contributed by atoms with E-state index < -0.39 is 17.7 Å². The summed E-state index contributed by atoms with van der Waals surface area (Å²) >= 11 is 0. The number of hydrogen-bond donors (Lipinski definition) is 1. The molecule has 24 heavy (non-hydrogen) atoms. The van der Waals surface area contributed by atoms with Gasteiger partial charge in [0, 0.05) is 26.1 Å². The maximum atomic E-state index is 12.7. The van der Waals surface area contributed by atoms with Gasteiger partial charge in [-0.3, -0.25) is 9.59 Å². The Hall–Kier alpha value is -2.05. The van der Waals surface area contributed by atoms with Crippen molar-refractivity contribution in [3.8, 4) is 0 Å². The van der Waals surface area contributed by atoms with Crippen LogP contribution >= 0.6 is 0 Å². The Bertz CT molecular complexity index is 614. The molecule has 0 saturated carbocycles. The number of halogens is 3. The summed E-state index contributed by atoms with van der Waals surface area (Å²) in [4.78, 5) is 25.7. The van der Waals surface area contributed by atoms with E-state index in [0.717, 1.165) is 12.1 Å². The monoisotopic (exact) mass is 342 g/mol. The first-order valence-electron chi connectivity index (χ1n) is 7.88. The highest BCUT2D eigenvalue weighted by atomic mass is 19.4. The molecular formula is C17H21F3N2O2. The summed E-state index contributed by atoms with van der Waals surface area (Å²) in [5, 5.41) is 2.63. The highest BCUT2D eigenvalue weighted by Gasteiger charge is 2.34. The molecule has 1 unspecified atom stereocenters. The van der Waals surface area contributed by atoms with Gasteiger partial charge in [-0.2, -0.15) is 13.2 Å². The Kier molecular flexibility index (Phi) is 5.51. The standard InChI is InChI=1S/C17H21F3N2O2/c1-11(2)9-22-10-13(7-15(22)23)16(24)21-8-12-4-3-5-14(6-12)17(18,19)20/h3-6,11,13H,7-10H2,1-2H3,(H,21,24). The van der Waals surface area contributed by atoms with Crippen molar-refractivity contribution >= 4 is 11.8 Å². The van der Waals surface area contributed by atoms with E-state index in [1.165, 1.54) is 12.1 Å². The lowest BCUT2D eigenvalue weighted by Crippen LogP contribution is -2.33. The number of likely N-dealkylation sites (tertiary alicyclic amines) is 1. The first-order chi connectivity index (χ1) is 11.2. The average molecular weight is 342 g/mol. The van der Waals surface area contributed by atoms with Crippen LogP contribution in [0, 0.1) is 11.8 Å². The molecule has 4 nitrogen and oxygen atoms in total. The molecule has 7 heteroatoms. The van der Waals surface area contributed by atoms with Gasteiger partial charge < -0.3 is 10.2 Å². The predicted molar refractivity (Wildman–Crippen MR) is 82.8 cm³/mol. The molecule has 1 saturated heterocycles. The van der Waals surface area contributed by atoms with Crippen LogP contribution in [0.3, 0.4) is 0 Å². The van der Waals surface area contributed by atoms with E-state index in [1.807, 2.05) is 13.8 Å². The minimum absolute atomic E-state index is 0.0115. The smallest absolute Gasteiger partial charge is 0.352 e. The van der Waals surface area contributed by atoms with Crippen LogP contribution in [-0.4, -0.2) is 29.8 Å². The van der Waals surface area contributed by atoms with Crippen LogP contribution in [0.5, 0.6) is 0 Å². The second-order valence-corrected chi connectivity index (χ2v) is 6.51. The van der Waals surface area contributed by atoms with Crippen molar-refractivity contribution in [1.82, 2.24) is 10.2 Å². The van der Waals surface area contributed by atoms with Crippen LogP contribution in [0.4, 0.5) is 13.2 Å². The molecule has 1 aliphatic rings. The number of benzene rings is 1. The predicted octanol–water partition coefficient (Wildman–Crippen LogP) is 2.83. The van der Waals surface area contributed by atoms with Crippen LogP contribution in [0.25, 0.3) is 0 Å². The first kappa shape index (κ1) is 18.3. The summed E-state index contributed by atoms with van der Waals surface area (Å²) in [5.74, 6) is -0.474. The van der Waals surface area contributed by atoms with Gasteiger partial charge in [-0.15, -0.1) is 0 Å². The van der Waals surface area contributed by atoms with Crippen molar-refractivity contribution < 1.29 is 22.8 Å². The number of carbonyl (C=O) groups excluding carboxylic acids is 2. The fourth-order valence-electron chi connectivity index (χ4n) is 2.76. The molecule has 1 aliphatic heterocycles. The molecule has 132 valence electrons. The molecule has 0 radical (unpaired) electrons. The molecule has 0 aliphatic carbocycles. The van der Waals surface area contributed by atoms with Gasteiger partial charge >= 0.3 is 6.18 Å². The molecule has 1 heterocycles. The molecule has 1 fully saturated rings. The average Bonchev–Trinajstić information content (AvgIpc) is 2.85. The van der Waals surface area contributed by atoms with Crippen molar-refractivity contribution in [3.63, 3.8) is 0 Å². The Morgan fingerprint density at radius 3 is 2.71 bits per heavy atom. The topological polar surface area (TPSA) is 49.4 Å². The van der Waals surface area contributed by atoms with E-state index in [4.69, 9.17) is 0 Å². The summed E-state index contributed by atoms with van der Waals surface area (Å²) in [5.41, 5.74) is -0.366. The first-order valence-corrected chi connectivity index (χ1v) is 7.88. The van der Waals surface area contributed by atoms with Gasteiger partial charge in [0.05, 0.1) is 11.5 Å². The van der Waals surface area contributed by atoms with E-state index >= 15 is 0 Å². The highest BCUT2D eigenvalue weighted by molar-refractivity contribution is 5.89. The van der Waals surface area contributed by atoms with E-state index in [0.29, 0.717) is 24.6 Å². The van der Waals surface area contributed by atoms with Crippen molar-refractivity contribution in [2.75, 3.05) is 13.1 Å². The normalized spacial score (nSPS) is 18.3. The zero-order chi connectivity index (χ0) is 17.9. The third-order valence-corrected chi connectivity index (χ3v) is 3.89. The maximum absolute atomic E-state index is 12.7. The zero-order valence-corrected chi connectivity index (χ0v) is 13.7. The molecule has 0 aromatic heterocycles. The summed E-state index contributed by atoms with van der Waals surface area (Å²) in [7, 11) is 0. The van der Waals surface area contributed by atoms with Crippen LogP contribution in [-0.2, 0) is 22.3 Å². The van der Waals surface area contributed by atoms with Gasteiger partial charge in [0.2, 0.25) is 11.8 Å². The third kappa shape index (κ3) is 4.72. The van der Waals surface area contributed by atoms with E-state index in [-0.39, 0.29) is 24.8 Å². The molecule has 1 aromatic rings. The summed E-state index contributed by atoms with van der Waals surface area (Å²) in [6.07, 6.45) is -4.25. The molecule has 1 atom stereocenters. The molecular weight excluding hydrogens is 321 g/mol. The summed E-state index contributed by atoms with van der Waals surface area (Å²) < 4.78 is 38.0. The Balaban J connectivity index is 1.91. The lowest BCUT2D eigenvalue weighted by molar-refractivity contribution is -0.137. The Morgan fingerprint density at radius 1 is 1.38 bits per heavy atom. The van der Waals surface area contributed by atoms with Gasteiger partial charge in [-0.05, 0) is 23.6 Å². The Morgan fingerprint density at radius 2 is 2.08 bits per heavy atom. The quantitative estimate of drug-likeness (QED) is 0.895. The molecule has 2 amide bonds. The fourth-order valence-corrected chi connectivity index (χ4v) is 2.76.